The lowest BCUT2D eigenvalue weighted by atomic mass is 9.83. The number of carbonyl (C=O) groups is 1. The summed E-state index contributed by atoms with van der Waals surface area (Å²) >= 11 is 4.06. The minimum absolute atomic E-state index is 0.107. The number of carboxylic acids is 1. The zero-order valence-electron chi connectivity index (χ0n) is 13.3. The first-order chi connectivity index (χ1) is 10.4. The van der Waals surface area contributed by atoms with Gasteiger partial charge in [-0.2, -0.15) is 0 Å². The van der Waals surface area contributed by atoms with Gasteiger partial charge in [0.05, 0.1) is 4.58 Å². The largest absolute Gasteiger partial charge is 0.481 e. The van der Waals surface area contributed by atoms with Crippen LogP contribution in [0.25, 0.3) is 0 Å². The number of benzene rings is 1. The molecule has 1 aliphatic rings. The fourth-order valence-corrected chi connectivity index (χ4v) is 5.90. The number of hydrogen-bond acceptors (Lipinski definition) is 3. The Hall–Kier alpha value is -1.05. The van der Waals surface area contributed by atoms with Gasteiger partial charge in [0.25, 0.3) is 0 Å². The molecule has 0 spiro atoms. The third-order valence-corrected chi connectivity index (χ3v) is 6.93. The molecular formula is C18H22O2S2. The zero-order chi connectivity index (χ0) is 16.2. The van der Waals surface area contributed by atoms with E-state index in [1.165, 1.54) is 17.1 Å². The molecule has 118 valence electrons. The SMILES string of the molecule is CC(C)(C)C1CSC(c2ccc(C#CCC(=O)O)cc2)SC1. The molecule has 1 aromatic rings. The van der Waals surface area contributed by atoms with Crippen molar-refractivity contribution in [1.29, 1.82) is 0 Å². The smallest absolute Gasteiger partial charge is 0.315 e. The van der Waals surface area contributed by atoms with E-state index in [-0.39, 0.29) is 6.42 Å². The summed E-state index contributed by atoms with van der Waals surface area (Å²) in [5.74, 6) is 7.85. The van der Waals surface area contributed by atoms with E-state index in [2.05, 4.69) is 44.7 Å². The molecule has 0 aromatic heterocycles. The van der Waals surface area contributed by atoms with Crippen molar-refractivity contribution in [2.24, 2.45) is 11.3 Å². The van der Waals surface area contributed by atoms with E-state index in [9.17, 15) is 4.79 Å². The summed E-state index contributed by atoms with van der Waals surface area (Å²) in [5, 5.41) is 8.58. The average molecular weight is 335 g/mol. The van der Waals surface area contributed by atoms with E-state index < -0.39 is 5.97 Å². The first kappa shape index (κ1) is 17.3. The van der Waals surface area contributed by atoms with Crippen LogP contribution in [0.3, 0.4) is 0 Å². The Balaban J connectivity index is 1.94. The summed E-state index contributed by atoms with van der Waals surface area (Å²) in [6.07, 6.45) is -0.107. The molecule has 0 unspecified atom stereocenters. The number of hydrogen-bond donors (Lipinski definition) is 1. The van der Waals surface area contributed by atoms with Crippen molar-refractivity contribution >= 4 is 29.5 Å². The molecule has 0 saturated carbocycles. The third-order valence-electron chi connectivity index (χ3n) is 3.78. The highest BCUT2D eigenvalue weighted by Gasteiger charge is 2.31. The Morgan fingerprint density at radius 2 is 1.82 bits per heavy atom. The van der Waals surface area contributed by atoms with Crippen LogP contribution < -0.4 is 0 Å². The van der Waals surface area contributed by atoms with Crippen LogP contribution >= 0.6 is 23.5 Å². The topological polar surface area (TPSA) is 37.3 Å². The van der Waals surface area contributed by atoms with Gasteiger partial charge in [0, 0.05) is 5.56 Å². The van der Waals surface area contributed by atoms with Crippen LogP contribution in [0.1, 0.15) is 42.9 Å². The minimum Gasteiger partial charge on any atom is -0.481 e. The van der Waals surface area contributed by atoms with Gasteiger partial charge in [-0.25, -0.2) is 0 Å². The van der Waals surface area contributed by atoms with E-state index >= 15 is 0 Å². The summed E-state index contributed by atoms with van der Waals surface area (Å²) in [6, 6.07) is 8.21. The quantitative estimate of drug-likeness (QED) is 0.799. The monoisotopic (exact) mass is 334 g/mol. The van der Waals surface area contributed by atoms with Gasteiger partial charge < -0.3 is 5.11 Å². The van der Waals surface area contributed by atoms with Gasteiger partial charge >= 0.3 is 5.97 Å². The second-order valence-corrected chi connectivity index (χ2v) is 9.13. The maximum absolute atomic E-state index is 10.4. The maximum atomic E-state index is 10.4. The van der Waals surface area contributed by atoms with Gasteiger partial charge in [0.15, 0.2) is 0 Å². The second kappa shape index (κ2) is 7.48. The van der Waals surface area contributed by atoms with Crippen LogP contribution in [0.2, 0.25) is 0 Å². The van der Waals surface area contributed by atoms with Crippen molar-refractivity contribution in [1.82, 2.24) is 0 Å². The Morgan fingerprint density at radius 3 is 2.32 bits per heavy atom. The lowest BCUT2D eigenvalue weighted by Crippen LogP contribution is -2.27. The van der Waals surface area contributed by atoms with E-state index in [1.807, 2.05) is 35.7 Å². The van der Waals surface area contributed by atoms with Crippen molar-refractivity contribution in [2.75, 3.05) is 11.5 Å². The summed E-state index contributed by atoms with van der Waals surface area (Å²) in [4.78, 5) is 10.4. The van der Waals surface area contributed by atoms with Gasteiger partial charge in [0.1, 0.15) is 6.42 Å². The van der Waals surface area contributed by atoms with Gasteiger partial charge in [-0.15, -0.1) is 23.5 Å². The highest BCUT2D eigenvalue weighted by atomic mass is 32.2. The third kappa shape index (κ3) is 5.00. The highest BCUT2D eigenvalue weighted by Crippen LogP contribution is 2.49. The van der Waals surface area contributed by atoms with Crippen molar-refractivity contribution in [3.05, 3.63) is 35.4 Å². The fraction of sp³-hybridized carbons (Fsp3) is 0.500. The lowest BCUT2D eigenvalue weighted by molar-refractivity contribution is -0.135. The average Bonchev–Trinajstić information content (AvgIpc) is 2.47. The molecule has 1 aliphatic heterocycles. The first-order valence-corrected chi connectivity index (χ1v) is 9.50. The van der Waals surface area contributed by atoms with Gasteiger partial charge in [-0.1, -0.05) is 44.7 Å². The summed E-state index contributed by atoms with van der Waals surface area (Å²) < 4.78 is 0.500. The lowest BCUT2D eigenvalue weighted by Gasteiger charge is -2.36. The number of carboxylic acid groups (broad SMARTS) is 1. The predicted molar refractivity (Wildman–Crippen MR) is 96.2 cm³/mol. The van der Waals surface area contributed by atoms with E-state index in [4.69, 9.17) is 5.11 Å². The molecule has 1 heterocycles. The van der Waals surface area contributed by atoms with Gasteiger partial charge in [0.2, 0.25) is 0 Å². The zero-order valence-corrected chi connectivity index (χ0v) is 14.9. The molecule has 1 aromatic carbocycles. The normalized spacial score (nSPS) is 21.8. The Kier molecular flexibility index (Phi) is 5.88. The summed E-state index contributed by atoms with van der Waals surface area (Å²) in [7, 11) is 0. The van der Waals surface area contributed by atoms with Crippen LogP contribution in [-0.2, 0) is 4.79 Å². The molecule has 1 N–H and O–H groups in total. The fourth-order valence-electron chi connectivity index (χ4n) is 2.14. The summed E-state index contributed by atoms with van der Waals surface area (Å²) in [6.45, 7) is 6.97. The maximum Gasteiger partial charge on any atom is 0.315 e. The van der Waals surface area contributed by atoms with Crippen LogP contribution in [0.15, 0.2) is 24.3 Å². The number of rotatable bonds is 2. The molecule has 2 nitrogen and oxygen atoms in total. The van der Waals surface area contributed by atoms with Gasteiger partial charge in [-0.05, 0) is 40.5 Å². The van der Waals surface area contributed by atoms with E-state index in [1.54, 1.807) is 0 Å². The molecule has 0 amide bonds. The molecular weight excluding hydrogens is 312 g/mol. The molecule has 0 aliphatic carbocycles. The minimum atomic E-state index is -0.882. The van der Waals surface area contributed by atoms with Crippen LogP contribution in [-0.4, -0.2) is 22.6 Å². The Bertz CT molecular complexity index is 568. The second-order valence-electron chi connectivity index (χ2n) is 6.56. The van der Waals surface area contributed by atoms with E-state index in [0.29, 0.717) is 10.00 Å². The van der Waals surface area contributed by atoms with Gasteiger partial charge in [-0.3, -0.25) is 4.79 Å². The van der Waals surface area contributed by atoms with Crippen LogP contribution in [0.5, 0.6) is 0 Å². The highest BCUT2D eigenvalue weighted by molar-refractivity contribution is 8.16. The Morgan fingerprint density at radius 1 is 1.23 bits per heavy atom. The predicted octanol–water partition coefficient (Wildman–Crippen LogP) is 4.65. The number of aliphatic carboxylic acids is 1. The molecule has 1 saturated heterocycles. The standard InChI is InChI=1S/C18H22O2S2/c1-18(2,3)15-11-21-17(22-12-15)14-9-7-13(8-10-14)5-4-6-16(19)20/h7-10,15,17H,6,11-12H2,1-3H3,(H,19,20). The van der Waals surface area contributed by atoms with E-state index in [0.717, 1.165) is 11.5 Å². The molecule has 0 radical (unpaired) electrons. The molecule has 0 atom stereocenters. The Labute approximate surface area is 141 Å². The molecule has 22 heavy (non-hydrogen) atoms. The molecule has 4 heteroatoms. The number of thioether (sulfide) groups is 2. The molecule has 1 fully saturated rings. The van der Waals surface area contributed by atoms with Crippen LogP contribution in [0, 0.1) is 23.2 Å². The molecule has 2 rings (SSSR count). The first-order valence-electron chi connectivity index (χ1n) is 7.40. The van der Waals surface area contributed by atoms with Crippen molar-refractivity contribution < 1.29 is 9.90 Å². The van der Waals surface area contributed by atoms with Crippen molar-refractivity contribution in [3.8, 4) is 11.8 Å². The van der Waals surface area contributed by atoms with Crippen molar-refractivity contribution in [2.45, 2.75) is 31.8 Å². The van der Waals surface area contributed by atoms with Crippen LogP contribution in [0.4, 0.5) is 0 Å². The van der Waals surface area contributed by atoms with Crippen molar-refractivity contribution in [3.63, 3.8) is 0 Å². The summed E-state index contributed by atoms with van der Waals surface area (Å²) in [5.41, 5.74) is 2.59. The molecule has 0 bridgehead atoms.